The fraction of sp³-hybridized carbons (Fsp3) is 0.286. The Balaban J connectivity index is 2.19. The Bertz CT molecular complexity index is 783. The van der Waals surface area contributed by atoms with Gasteiger partial charge in [0.1, 0.15) is 8.07 Å². The molecule has 104 valence electrons. The van der Waals surface area contributed by atoms with Crippen molar-refractivity contribution in [1.82, 2.24) is 9.78 Å². The molecule has 0 bridgehead atoms. The van der Waals surface area contributed by atoms with Crippen molar-refractivity contribution in [2.75, 3.05) is 0 Å². The summed E-state index contributed by atoms with van der Waals surface area (Å²) in [6.45, 7) is 6.59. The Morgan fingerprint density at radius 2 is 2.00 bits per heavy atom. The largest absolute Gasteiger partial charge is 0.618 e. The first-order valence-electron chi connectivity index (χ1n) is 6.51. The highest BCUT2D eigenvalue weighted by Crippen LogP contribution is 2.22. The number of aromatic nitrogens is 3. The lowest BCUT2D eigenvalue weighted by Crippen LogP contribution is -2.36. The molecule has 0 N–H and O–H groups in total. The number of hydrogen-bond donors (Lipinski definition) is 0. The molecule has 0 radical (unpaired) electrons. The summed E-state index contributed by atoms with van der Waals surface area (Å²) in [7, 11) is 0.283. The van der Waals surface area contributed by atoms with Crippen LogP contribution < -0.4 is 10.1 Å². The van der Waals surface area contributed by atoms with E-state index in [0.717, 1.165) is 21.2 Å². The van der Waals surface area contributed by atoms with Crippen molar-refractivity contribution >= 4 is 24.6 Å². The van der Waals surface area contributed by atoms with Gasteiger partial charge in [-0.25, -0.2) is 0 Å². The molecule has 3 aromatic heterocycles. The molecular formula is C14H17N3O2Si. The minimum Gasteiger partial charge on any atom is -0.618 e. The molecule has 0 atom stereocenters. The molecule has 6 heteroatoms. The second kappa shape index (κ2) is 4.21. The maximum atomic E-state index is 12.2. The van der Waals surface area contributed by atoms with Crippen LogP contribution >= 0.6 is 0 Å². The molecule has 0 amide bonds. The zero-order valence-corrected chi connectivity index (χ0v) is 13.0. The number of fused-ring (bicyclic) bond motifs is 1. The third-order valence-corrected chi connectivity index (χ3v) is 5.02. The normalized spacial score (nSPS) is 12.2. The van der Waals surface area contributed by atoms with Crippen molar-refractivity contribution in [1.29, 1.82) is 0 Å². The number of nitrogens with zero attached hydrogens (tertiary/aromatic N) is 3. The predicted octanol–water partition coefficient (Wildman–Crippen LogP) is 2.01. The molecule has 5 nitrogen and oxygen atoms in total. The van der Waals surface area contributed by atoms with Gasteiger partial charge in [-0.05, 0) is 0 Å². The van der Waals surface area contributed by atoms with Crippen LogP contribution in [-0.2, 0) is 7.05 Å². The van der Waals surface area contributed by atoms with E-state index in [4.69, 9.17) is 4.42 Å². The Morgan fingerprint density at radius 3 is 2.60 bits per heavy atom. The zero-order chi connectivity index (χ0) is 14.5. The number of aryl methyl sites for hydroxylation is 1. The molecule has 0 saturated carbocycles. The van der Waals surface area contributed by atoms with Gasteiger partial charge in [0.15, 0.2) is 11.8 Å². The van der Waals surface area contributed by atoms with Gasteiger partial charge >= 0.3 is 0 Å². The molecule has 0 aliphatic rings. The topological polar surface area (TPSA) is 57.9 Å². The first-order chi connectivity index (χ1) is 9.34. The molecule has 0 saturated heterocycles. The van der Waals surface area contributed by atoms with E-state index in [0.29, 0.717) is 11.1 Å². The molecule has 3 heterocycles. The van der Waals surface area contributed by atoms with Crippen LogP contribution in [0.5, 0.6) is 0 Å². The highest BCUT2D eigenvalue weighted by Gasteiger charge is 2.24. The van der Waals surface area contributed by atoms with Gasteiger partial charge in [0.05, 0.1) is 17.1 Å². The molecule has 20 heavy (non-hydrogen) atoms. The van der Waals surface area contributed by atoms with Gasteiger partial charge in [0, 0.05) is 30.9 Å². The fourth-order valence-corrected chi connectivity index (χ4v) is 3.13. The third-order valence-electron chi connectivity index (χ3n) is 3.30. The van der Waals surface area contributed by atoms with Crippen molar-refractivity contribution in [3.8, 4) is 11.1 Å². The van der Waals surface area contributed by atoms with Gasteiger partial charge in [-0.1, -0.05) is 19.6 Å². The maximum Gasteiger partial charge on any atom is 0.262 e. The van der Waals surface area contributed by atoms with Gasteiger partial charge in [0.25, 0.3) is 5.52 Å². The smallest absolute Gasteiger partial charge is 0.262 e. The fourth-order valence-electron chi connectivity index (χ4n) is 2.14. The van der Waals surface area contributed by atoms with Crippen LogP contribution in [0, 0.1) is 5.21 Å². The number of pyridine rings is 1. The third kappa shape index (κ3) is 2.12. The predicted molar refractivity (Wildman–Crippen MR) is 80.4 cm³/mol. The lowest BCUT2D eigenvalue weighted by atomic mass is 10.1. The molecule has 3 aromatic rings. The van der Waals surface area contributed by atoms with Gasteiger partial charge < -0.3 is 9.62 Å². The second-order valence-corrected chi connectivity index (χ2v) is 11.1. The molecule has 3 rings (SSSR count). The Kier molecular flexibility index (Phi) is 2.72. The zero-order valence-electron chi connectivity index (χ0n) is 12.0. The van der Waals surface area contributed by atoms with Gasteiger partial charge in [-0.2, -0.15) is 9.83 Å². The lowest BCUT2D eigenvalue weighted by Gasteiger charge is -2.09. The van der Waals surface area contributed by atoms with Crippen LogP contribution in [0.15, 0.2) is 35.1 Å². The summed E-state index contributed by atoms with van der Waals surface area (Å²) in [4.78, 5) is 0. The minimum atomic E-state index is -1.57. The maximum absolute atomic E-state index is 12.2. The molecule has 0 spiro atoms. The van der Waals surface area contributed by atoms with Crippen molar-refractivity contribution < 1.29 is 9.15 Å². The molecular weight excluding hydrogens is 270 g/mol. The van der Waals surface area contributed by atoms with Crippen LogP contribution in [0.2, 0.25) is 19.6 Å². The average molecular weight is 287 g/mol. The number of hydrogen-bond acceptors (Lipinski definition) is 3. The van der Waals surface area contributed by atoms with E-state index in [-0.39, 0.29) is 0 Å². The van der Waals surface area contributed by atoms with Crippen LogP contribution in [0.3, 0.4) is 0 Å². The minimum absolute atomic E-state index is 0.593. The highest BCUT2D eigenvalue weighted by atomic mass is 28.3. The Hall–Kier alpha value is -2.08. The van der Waals surface area contributed by atoms with Crippen LogP contribution in [0.4, 0.5) is 0 Å². The monoisotopic (exact) mass is 287 g/mol. The average Bonchev–Trinajstić information content (AvgIpc) is 2.94. The lowest BCUT2D eigenvalue weighted by molar-refractivity contribution is -0.576. The molecule has 0 aliphatic heterocycles. The molecule has 0 unspecified atom stereocenters. The van der Waals surface area contributed by atoms with Gasteiger partial charge in [-0.15, -0.1) is 0 Å². The highest BCUT2D eigenvalue weighted by molar-refractivity contribution is 6.87. The summed E-state index contributed by atoms with van der Waals surface area (Å²) in [6.07, 6.45) is 5.19. The summed E-state index contributed by atoms with van der Waals surface area (Å²) >= 11 is 0. The van der Waals surface area contributed by atoms with Gasteiger partial charge in [0.2, 0.25) is 0 Å². The molecule has 0 aliphatic carbocycles. The summed E-state index contributed by atoms with van der Waals surface area (Å²) in [6, 6.07) is 3.78. The van der Waals surface area contributed by atoms with E-state index in [1.165, 1.54) is 0 Å². The number of furan rings is 1. The van der Waals surface area contributed by atoms with Crippen molar-refractivity contribution in [2.45, 2.75) is 19.6 Å². The van der Waals surface area contributed by atoms with Crippen LogP contribution in [-0.4, -0.2) is 17.9 Å². The van der Waals surface area contributed by atoms with E-state index >= 15 is 0 Å². The van der Waals surface area contributed by atoms with E-state index < -0.39 is 8.07 Å². The van der Waals surface area contributed by atoms with Crippen LogP contribution in [0.1, 0.15) is 0 Å². The van der Waals surface area contributed by atoms with Crippen molar-refractivity contribution in [3.05, 3.63) is 35.9 Å². The van der Waals surface area contributed by atoms with Crippen molar-refractivity contribution in [3.63, 3.8) is 0 Å². The molecule has 0 fully saturated rings. The SMILES string of the molecule is Cn1cc(-c2cc3oc([Si](C)(C)C)cc3[n+]([O-])c2)cn1. The van der Waals surface area contributed by atoms with E-state index in [1.807, 2.05) is 25.4 Å². The first-order valence-corrected chi connectivity index (χ1v) is 10.0. The first kappa shape index (κ1) is 12.9. The summed E-state index contributed by atoms with van der Waals surface area (Å²) < 4.78 is 8.49. The Morgan fingerprint density at radius 1 is 1.25 bits per heavy atom. The van der Waals surface area contributed by atoms with E-state index in [1.54, 1.807) is 17.1 Å². The van der Waals surface area contributed by atoms with E-state index in [9.17, 15) is 5.21 Å². The molecule has 0 aromatic carbocycles. The summed E-state index contributed by atoms with van der Waals surface area (Å²) in [5.74, 6) is 0. The number of rotatable bonds is 2. The van der Waals surface area contributed by atoms with Crippen LogP contribution in [0.25, 0.3) is 22.2 Å². The van der Waals surface area contributed by atoms with Gasteiger partial charge in [-0.3, -0.25) is 4.68 Å². The second-order valence-electron chi connectivity index (χ2n) is 6.07. The quantitative estimate of drug-likeness (QED) is 0.411. The summed E-state index contributed by atoms with van der Waals surface area (Å²) in [5.41, 5.74) is 2.95. The van der Waals surface area contributed by atoms with Crippen molar-refractivity contribution in [2.24, 2.45) is 7.05 Å². The standard InChI is InChI=1S/C14H17N3O2Si/c1-16-8-11(7-15-16)10-5-13-12(17(18)9-10)6-14(19-13)20(2,3)4/h5-9H,1-4H3. The van der Waals surface area contributed by atoms with E-state index in [2.05, 4.69) is 24.7 Å². The Labute approximate surface area is 118 Å². The summed E-state index contributed by atoms with van der Waals surface area (Å²) in [5, 5.41) is 17.2.